The normalized spacial score (nSPS) is 15.8. The molecule has 0 bridgehead atoms. The molecular weight excluding hydrogens is 298 g/mol. The highest BCUT2D eigenvalue weighted by atomic mass is 32.2. The molecule has 0 saturated heterocycles. The molecule has 3 aromatic rings. The number of rotatable bonds is 2. The van der Waals surface area contributed by atoms with Crippen LogP contribution in [0.5, 0.6) is 0 Å². The molecular formula is C16H15N3O2S. The fourth-order valence-corrected chi connectivity index (χ4v) is 4.40. The third-order valence-electron chi connectivity index (χ3n) is 4.12. The van der Waals surface area contributed by atoms with Crippen LogP contribution in [0.1, 0.15) is 11.3 Å². The topological polar surface area (TPSA) is 66.1 Å². The van der Waals surface area contributed by atoms with E-state index in [9.17, 15) is 8.42 Å². The predicted molar refractivity (Wildman–Crippen MR) is 83.8 cm³/mol. The summed E-state index contributed by atoms with van der Waals surface area (Å²) in [7, 11) is -3.49. The molecule has 22 heavy (non-hydrogen) atoms. The lowest BCUT2D eigenvalue weighted by Gasteiger charge is -2.26. The van der Waals surface area contributed by atoms with Gasteiger partial charge in [0.25, 0.3) is 0 Å². The molecule has 2 aromatic heterocycles. The number of aromatic amines is 1. The Morgan fingerprint density at radius 2 is 2.00 bits per heavy atom. The highest BCUT2D eigenvalue weighted by Gasteiger charge is 2.30. The van der Waals surface area contributed by atoms with Crippen LogP contribution in [0.2, 0.25) is 0 Å². The smallest absolute Gasteiger partial charge is 0.244 e. The fraction of sp³-hybridized carbons (Fsp3) is 0.188. The highest BCUT2D eigenvalue weighted by Crippen LogP contribution is 2.29. The number of para-hydroxylation sites is 1. The van der Waals surface area contributed by atoms with Crippen molar-refractivity contribution < 1.29 is 8.42 Å². The van der Waals surface area contributed by atoms with Crippen molar-refractivity contribution in [2.45, 2.75) is 17.9 Å². The fourth-order valence-electron chi connectivity index (χ4n) is 3.02. The van der Waals surface area contributed by atoms with Crippen molar-refractivity contribution in [2.75, 3.05) is 6.54 Å². The Morgan fingerprint density at radius 1 is 1.14 bits per heavy atom. The summed E-state index contributed by atoms with van der Waals surface area (Å²) in [4.78, 5) is 7.50. The molecule has 3 heterocycles. The van der Waals surface area contributed by atoms with Crippen LogP contribution in [0.15, 0.2) is 53.7 Å². The number of hydrogen-bond acceptors (Lipinski definition) is 3. The van der Waals surface area contributed by atoms with Gasteiger partial charge in [0.2, 0.25) is 10.0 Å². The first-order valence-corrected chi connectivity index (χ1v) is 8.59. The minimum Gasteiger partial charge on any atom is -0.357 e. The average Bonchev–Trinajstić information content (AvgIpc) is 2.93. The van der Waals surface area contributed by atoms with Crippen molar-refractivity contribution in [1.82, 2.24) is 14.3 Å². The monoisotopic (exact) mass is 313 g/mol. The third kappa shape index (κ3) is 2.03. The summed E-state index contributed by atoms with van der Waals surface area (Å²) in [5.74, 6) is 0. The molecule has 1 aliphatic heterocycles. The summed E-state index contributed by atoms with van der Waals surface area (Å²) in [6, 6.07) is 11.3. The second-order valence-corrected chi connectivity index (χ2v) is 7.34. The van der Waals surface area contributed by atoms with Gasteiger partial charge in [-0.2, -0.15) is 4.31 Å². The Labute approximate surface area is 128 Å². The Bertz CT molecular complexity index is 932. The minimum atomic E-state index is -3.49. The first kappa shape index (κ1) is 13.5. The molecule has 0 amide bonds. The number of benzene rings is 1. The van der Waals surface area contributed by atoms with Crippen molar-refractivity contribution >= 4 is 20.9 Å². The van der Waals surface area contributed by atoms with E-state index in [1.165, 1.54) is 21.5 Å². The van der Waals surface area contributed by atoms with Gasteiger partial charge in [0.15, 0.2) is 0 Å². The molecule has 0 aliphatic carbocycles. The number of sulfonamides is 1. The maximum Gasteiger partial charge on any atom is 0.244 e. The summed E-state index contributed by atoms with van der Waals surface area (Å²) in [5.41, 5.74) is 3.28. The van der Waals surface area contributed by atoms with Crippen LogP contribution in [0.4, 0.5) is 0 Å². The van der Waals surface area contributed by atoms with Crippen LogP contribution in [0.3, 0.4) is 0 Å². The van der Waals surface area contributed by atoms with E-state index >= 15 is 0 Å². The van der Waals surface area contributed by atoms with Gasteiger partial charge in [0.05, 0.1) is 6.54 Å². The Balaban J connectivity index is 1.73. The summed E-state index contributed by atoms with van der Waals surface area (Å²) in [5, 5.41) is 1.19. The van der Waals surface area contributed by atoms with E-state index in [-0.39, 0.29) is 4.90 Å². The standard InChI is InChI=1S/C16H15N3O2S/c20-22(21,12-4-3-8-17-10-12)19-9-7-14-13-5-1-2-6-15(13)18-16(14)11-19/h1-6,8,10,18H,7,9,11H2. The van der Waals surface area contributed by atoms with Crippen molar-refractivity contribution in [3.05, 3.63) is 60.0 Å². The maximum atomic E-state index is 12.7. The summed E-state index contributed by atoms with van der Waals surface area (Å²) < 4.78 is 26.9. The molecule has 4 rings (SSSR count). The van der Waals surface area contributed by atoms with Gasteiger partial charge in [-0.15, -0.1) is 0 Å². The van der Waals surface area contributed by atoms with Gasteiger partial charge >= 0.3 is 0 Å². The quantitative estimate of drug-likeness (QED) is 0.789. The zero-order chi connectivity index (χ0) is 15.2. The average molecular weight is 313 g/mol. The van der Waals surface area contributed by atoms with Gasteiger partial charge in [0.1, 0.15) is 4.90 Å². The lowest BCUT2D eigenvalue weighted by atomic mass is 10.1. The van der Waals surface area contributed by atoms with Gasteiger partial charge in [-0.25, -0.2) is 8.42 Å². The summed E-state index contributed by atoms with van der Waals surface area (Å²) in [6.45, 7) is 0.868. The molecule has 5 nitrogen and oxygen atoms in total. The number of aromatic nitrogens is 2. The van der Waals surface area contributed by atoms with Crippen molar-refractivity contribution in [1.29, 1.82) is 0 Å². The number of hydrogen-bond donors (Lipinski definition) is 1. The van der Waals surface area contributed by atoms with Gasteiger partial charge in [-0.1, -0.05) is 18.2 Å². The van der Waals surface area contributed by atoms with Crippen LogP contribution in [-0.4, -0.2) is 29.2 Å². The number of nitrogens with zero attached hydrogens (tertiary/aromatic N) is 2. The number of fused-ring (bicyclic) bond motifs is 3. The van der Waals surface area contributed by atoms with Crippen LogP contribution >= 0.6 is 0 Å². The van der Waals surface area contributed by atoms with E-state index in [2.05, 4.69) is 16.0 Å². The lowest BCUT2D eigenvalue weighted by Crippen LogP contribution is -2.35. The van der Waals surface area contributed by atoms with Crippen molar-refractivity contribution in [3.8, 4) is 0 Å². The molecule has 0 unspecified atom stereocenters. The van der Waals surface area contributed by atoms with Crippen LogP contribution < -0.4 is 0 Å². The molecule has 1 aliphatic rings. The Morgan fingerprint density at radius 3 is 2.82 bits per heavy atom. The SMILES string of the molecule is O=S(=O)(c1cccnc1)N1CCc2c([nH]c3ccccc23)C1. The molecule has 6 heteroatoms. The second-order valence-electron chi connectivity index (χ2n) is 5.41. The molecule has 0 radical (unpaired) electrons. The number of nitrogens with one attached hydrogen (secondary N) is 1. The molecule has 1 N–H and O–H groups in total. The van der Waals surface area contributed by atoms with Gasteiger partial charge in [0, 0.05) is 35.5 Å². The molecule has 0 spiro atoms. The largest absolute Gasteiger partial charge is 0.357 e. The van der Waals surface area contributed by atoms with Crippen LogP contribution in [0.25, 0.3) is 10.9 Å². The first-order chi connectivity index (χ1) is 10.7. The predicted octanol–water partition coefficient (Wildman–Crippen LogP) is 2.31. The van der Waals surface area contributed by atoms with E-state index in [0.717, 1.165) is 17.6 Å². The van der Waals surface area contributed by atoms with E-state index in [0.29, 0.717) is 13.1 Å². The first-order valence-electron chi connectivity index (χ1n) is 7.15. The van der Waals surface area contributed by atoms with E-state index in [4.69, 9.17) is 0 Å². The van der Waals surface area contributed by atoms with Crippen LogP contribution in [0, 0.1) is 0 Å². The highest BCUT2D eigenvalue weighted by molar-refractivity contribution is 7.89. The van der Waals surface area contributed by atoms with E-state index in [1.807, 2.05) is 18.2 Å². The minimum absolute atomic E-state index is 0.245. The van der Waals surface area contributed by atoms with Gasteiger partial charge in [-0.3, -0.25) is 4.98 Å². The molecule has 0 atom stereocenters. The van der Waals surface area contributed by atoms with E-state index in [1.54, 1.807) is 18.3 Å². The molecule has 0 saturated carbocycles. The molecule has 112 valence electrons. The number of H-pyrrole nitrogens is 1. The zero-order valence-corrected chi connectivity index (χ0v) is 12.7. The van der Waals surface area contributed by atoms with Crippen LogP contribution in [-0.2, 0) is 23.0 Å². The lowest BCUT2D eigenvalue weighted by molar-refractivity contribution is 0.388. The van der Waals surface area contributed by atoms with Crippen molar-refractivity contribution in [2.24, 2.45) is 0 Å². The summed E-state index contributed by atoms with van der Waals surface area (Å²) >= 11 is 0. The van der Waals surface area contributed by atoms with Gasteiger partial charge in [-0.05, 0) is 30.2 Å². The van der Waals surface area contributed by atoms with Gasteiger partial charge < -0.3 is 4.98 Å². The number of pyridine rings is 1. The van der Waals surface area contributed by atoms with E-state index < -0.39 is 10.0 Å². The molecule has 1 aromatic carbocycles. The summed E-state index contributed by atoms with van der Waals surface area (Å²) in [6.07, 6.45) is 3.69. The Kier molecular flexibility index (Phi) is 3.02. The second kappa shape index (κ2) is 4.93. The maximum absolute atomic E-state index is 12.7. The van der Waals surface area contributed by atoms with Crippen molar-refractivity contribution in [3.63, 3.8) is 0 Å². The zero-order valence-electron chi connectivity index (χ0n) is 11.9. The molecule has 0 fully saturated rings. The third-order valence-corrected chi connectivity index (χ3v) is 5.95. The Hall–Kier alpha value is -2.18.